The summed E-state index contributed by atoms with van der Waals surface area (Å²) in [6.45, 7) is 7.50. The Balaban J connectivity index is 1.88. The Kier molecular flexibility index (Phi) is 4.78. The van der Waals surface area contributed by atoms with Gasteiger partial charge in [-0.15, -0.1) is 0 Å². The smallest absolute Gasteiger partial charge is 0.167 e. The summed E-state index contributed by atoms with van der Waals surface area (Å²) < 4.78 is 11.4. The van der Waals surface area contributed by atoms with Crippen molar-refractivity contribution in [2.75, 3.05) is 19.7 Å². The van der Waals surface area contributed by atoms with Crippen LogP contribution < -0.4 is 4.74 Å². The molecule has 1 aliphatic heterocycles. The molecular formula is C18H24N2O2. The number of nitrogens with zero attached hydrogens (tertiary/aromatic N) is 2. The van der Waals surface area contributed by atoms with E-state index in [2.05, 4.69) is 36.0 Å². The van der Waals surface area contributed by atoms with E-state index in [0.29, 0.717) is 6.04 Å². The average molecular weight is 300 g/mol. The fourth-order valence-electron chi connectivity index (χ4n) is 3.26. The molecule has 2 aromatic rings. The van der Waals surface area contributed by atoms with E-state index in [1.54, 1.807) is 6.20 Å². The minimum Gasteiger partial charge on any atom is -0.492 e. The first-order valence-electron chi connectivity index (χ1n) is 8.23. The summed E-state index contributed by atoms with van der Waals surface area (Å²) in [4.78, 5) is 2.56. The summed E-state index contributed by atoms with van der Waals surface area (Å²) in [5.74, 6) is 1.80. The van der Waals surface area contributed by atoms with Gasteiger partial charge in [0.15, 0.2) is 5.76 Å². The van der Waals surface area contributed by atoms with Crippen LogP contribution >= 0.6 is 0 Å². The van der Waals surface area contributed by atoms with Crippen molar-refractivity contribution in [1.82, 2.24) is 10.1 Å². The lowest BCUT2D eigenvalue weighted by molar-refractivity contribution is 0.119. The van der Waals surface area contributed by atoms with E-state index in [1.807, 2.05) is 12.1 Å². The number of rotatable bonds is 6. The molecule has 1 aliphatic rings. The van der Waals surface area contributed by atoms with Crippen LogP contribution in [0.1, 0.15) is 32.3 Å². The lowest BCUT2D eigenvalue weighted by Crippen LogP contribution is -2.44. The molecule has 2 heterocycles. The highest BCUT2D eigenvalue weighted by Gasteiger charge is 2.27. The highest BCUT2D eigenvalue weighted by atomic mass is 16.5. The second-order valence-electron chi connectivity index (χ2n) is 5.86. The minimum atomic E-state index is 0.441. The van der Waals surface area contributed by atoms with Gasteiger partial charge in [0.1, 0.15) is 12.4 Å². The second-order valence-corrected chi connectivity index (χ2v) is 5.86. The molecule has 0 saturated carbocycles. The maximum atomic E-state index is 6.04. The first-order chi connectivity index (χ1) is 10.8. The number of hydrogen-bond acceptors (Lipinski definition) is 4. The predicted octanol–water partition coefficient (Wildman–Crippen LogP) is 3.77. The van der Waals surface area contributed by atoms with Crippen molar-refractivity contribution < 1.29 is 9.26 Å². The van der Waals surface area contributed by atoms with E-state index in [1.165, 1.54) is 18.4 Å². The molecule has 1 unspecified atom stereocenters. The van der Waals surface area contributed by atoms with Gasteiger partial charge >= 0.3 is 0 Å². The minimum absolute atomic E-state index is 0.441. The quantitative estimate of drug-likeness (QED) is 0.814. The van der Waals surface area contributed by atoms with Crippen LogP contribution in [-0.4, -0.2) is 35.8 Å². The Morgan fingerprint density at radius 3 is 2.68 bits per heavy atom. The first kappa shape index (κ1) is 15.1. The molecule has 118 valence electrons. The van der Waals surface area contributed by atoms with E-state index >= 15 is 0 Å². The van der Waals surface area contributed by atoms with Gasteiger partial charge in [0.05, 0.1) is 6.20 Å². The molecule has 4 heteroatoms. The zero-order chi connectivity index (χ0) is 15.4. The van der Waals surface area contributed by atoms with Gasteiger partial charge in [-0.05, 0) is 38.4 Å². The highest BCUT2D eigenvalue weighted by molar-refractivity contribution is 5.66. The third kappa shape index (κ3) is 3.02. The Morgan fingerprint density at radius 1 is 1.18 bits per heavy atom. The molecule has 0 bridgehead atoms. The average Bonchev–Trinajstić information content (AvgIpc) is 3.08. The van der Waals surface area contributed by atoms with Gasteiger partial charge < -0.3 is 9.26 Å². The number of ether oxygens (including phenoxy) is 1. The lowest BCUT2D eigenvalue weighted by Gasteiger charge is -2.35. The maximum Gasteiger partial charge on any atom is 0.167 e. The van der Waals surface area contributed by atoms with E-state index < -0.39 is 0 Å². The van der Waals surface area contributed by atoms with Gasteiger partial charge in [-0.3, -0.25) is 4.90 Å². The molecule has 3 rings (SSSR count). The molecule has 0 N–H and O–H groups in total. The summed E-state index contributed by atoms with van der Waals surface area (Å²) in [7, 11) is 0. The number of aromatic nitrogens is 1. The Morgan fingerprint density at radius 2 is 2.00 bits per heavy atom. The van der Waals surface area contributed by atoms with Gasteiger partial charge in [0.25, 0.3) is 0 Å². The Hall–Kier alpha value is -1.81. The SMILES string of the molecule is CCCN(CCC)C1COc2cccc(-c3ccno3)c2C1. The number of fused-ring (bicyclic) bond motifs is 1. The van der Waals surface area contributed by atoms with Crippen LogP contribution in [0.15, 0.2) is 35.0 Å². The topological polar surface area (TPSA) is 38.5 Å². The van der Waals surface area contributed by atoms with Crippen molar-refractivity contribution in [3.8, 4) is 17.1 Å². The van der Waals surface area contributed by atoms with Gasteiger partial charge in [-0.25, -0.2) is 0 Å². The number of benzene rings is 1. The van der Waals surface area contributed by atoms with E-state index in [4.69, 9.17) is 9.26 Å². The van der Waals surface area contributed by atoms with Crippen LogP contribution in [0, 0.1) is 0 Å². The molecule has 0 saturated heterocycles. The molecule has 1 aromatic carbocycles. The summed E-state index contributed by atoms with van der Waals surface area (Å²) in [5, 5.41) is 3.83. The summed E-state index contributed by atoms with van der Waals surface area (Å²) in [5.41, 5.74) is 2.35. The molecule has 0 radical (unpaired) electrons. The molecule has 0 spiro atoms. The monoisotopic (exact) mass is 300 g/mol. The second kappa shape index (κ2) is 6.97. The zero-order valence-electron chi connectivity index (χ0n) is 13.4. The third-order valence-electron chi connectivity index (χ3n) is 4.25. The molecule has 0 fully saturated rings. The predicted molar refractivity (Wildman–Crippen MR) is 87.1 cm³/mol. The van der Waals surface area contributed by atoms with Crippen molar-refractivity contribution in [2.24, 2.45) is 0 Å². The molecule has 22 heavy (non-hydrogen) atoms. The van der Waals surface area contributed by atoms with Crippen molar-refractivity contribution in [1.29, 1.82) is 0 Å². The molecule has 0 aliphatic carbocycles. The van der Waals surface area contributed by atoms with Gasteiger partial charge in [-0.2, -0.15) is 0 Å². The molecule has 1 atom stereocenters. The molecule has 0 amide bonds. The lowest BCUT2D eigenvalue weighted by atomic mass is 9.95. The summed E-state index contributed by atoms with van der Waals surface area (Å²) in [6.07, 6.45) is 5.04. The summed E-state index contributed by atoms with van der Waals surface area (Å²) >= 11 is 0. The summed E-state index contributed by atoms with van der Waals surface area (Å²) in [6, 6.07) is 8.52. The molecular weight excluding hydrogens is 276 g/mol. The fourth-order valence-corrected chi connectivity index (χ4v) is 3.26. The van der Waals surface area contributed by atoms with Gasteiger partial charge in [-0.1, -0.05) is 31.1 Å². The Bertz CT molecular complexity index is 589. The van der Waals surface area contributed by atoms with E-state index in [9.17, 15) is 0 Å². The Labute approximate surface area is 132 Å². The normalized spacial score (nSPS) is 17.3. The highest BCUT2D eigenvalue weighted by Crippen LogP contribution is 2.35. The largest absolute Gasteiger partial charge is 0.492 e. The standard InChI is InChI=1S/C18H24N2O2/c1-3-10-20(11-4-2)14-12-16-15(18-8-9-19-22-18)6-5-7-17(16)21-13-14/h5-9,14H,3-4,10-13H2,1-2H3. The van der Waals surface area contributed by atoms with Crippen LogP contribution in [0.2, 0.25) is 0 Å². The van der Waals surface area contributed by atoms with E-state index in [-0.39, 0.29) is 0 Å². The maximum absolute atomic E-state index is 6.04. The van der Waals surface area contributed by atoms with Gasteiger partial charge in [0, 0.05) is 23.2 Å². The van der Waals surface area contributed by atoms with Crippen LogP contribution in [0.4, 0.5) is 0 Å². The van der Waals surface area contributed by atoms with Gasteiger partial charge in [0.2, 0.25) is 0 Å². The molecule has 4 nitrogen and oxygen atoms in total. The van der Waals surface area contributed by atoms with Crippen molar-refractivity contribution in [2.45, 2.75) is 39.2 Å². The van der Waals surface area contributed by atoms with Crippen molar-refractivity contribution in [3.63, 3.8) is 0 Å². The fraction of sp³-hybridized carbons (Fsp3) is 0.500. The van der Waals surface area contributed by atoms with Crippen LogP contribution in [0.25, 0.3) is 11.3 Å². The zero-order valence-corrected chi connectivity index (χ0v) is 13.4. The van der Waals surface area contributed by atoms with Crippen LogP contribution in [0.5, 0.6) is 5.75 Å². The molecule has 1 aromatic heterocycles. The van der Waals surface area contributed by atoms with Crippen LogP contribution in [-0.2, 0) is 6.42 Å². The van der Waals surface area contributed by atoms with E-state index in [0.717, 1.165) is 43.2 Å². The van der Waals surface area contributed by atoms with Crippen LogP contribution in [0.3, 0.4) is 0 Å². The van der Waals surface area contributed by atoms with Crippen molar-refractivity contribution in [3.05, 3.63) is 36.0 Å². The number of hydrogen-bond donors (Lipinski definition) is 0. The third-order valence-corrected chi connectivity index (χ3v) is 4.25. The van der Waals surface area contributed by atoms with Crippen molar-refractivity contribution >= 4 is 0 Å². The first-order valence-corrected chi connectivity index (χ1v) is 8.23.